The second kappa shape index (κ2) is 6.06. The molecule has 82 valence electrons. The highest BCUT2D eigenvalue weighted by molar-refractivity contribution is 7.96. The largest absolute Gasteiger partial charge is 0.287 e. The van der Waals surface area contributed by atoms with Gasteiger partial charge in [0.15, 0.2) is 5.12 Å². The summed E-state index contributed by atoms with van der Waals surface area (Å²) in [4.78, 5) is 11.0. The molecule has 0 heterocycles. The first-order valence-corrected chi connectivity index (χ1v) is 5.78. The van der Waals surface area contributed by atoms with Gasteiger partial charge in [0.1, 0.15) is 0 Å². The van der Waals surface area contributed by atoms with Crippen molar-refractivity contribution in [3.8, 4) is 0 Å². The standard InChI is InChI=1S/C9H10ClNOS3/c10-7-4-2-1-3-6(7)8(11(14)15)5-9(12)13/h1-4,8,14-15H,5H2,(H,12,13). The minimum Gasteiger partial charge on any atom is -0.287 e. The van der Waals surface area contributed by atoms with Crippen molar-refractivity contribution in [1.29, 1.82) is 0 Å². The topological polar surface area (TPSA) is 20.3 Å². The fraction of sp³-hybridized carbons (Fsp3) is 0.222. The summed E-state index contributed by atoms with van der Waals surface area (Å²) in [6.07, 6.45) is 0.208. The lowest BCUT2D eigenvalue weighted by molar-refractivity contribution is -0.111. The van der Waals surface area contributed by atoms with Crippen molar-refractivity contribution in [2.24, 2.45) is 0 Å². The van der Waals surface area contributed by atoms with E-state index in [4.69, 9.17) is 11.6 Å². The Balaban J connectivity index is 2.99. The van der Waals surface area contributed by atoms with Crippen LogP contribution in [-0.2, 0) is 4.79 Å². The molecule has 0 radical (unpaired) electrons. The van der Waals surface area contributed by atoms with E-state index in [2.05, 4.69) is 38.3 Å². The van der Waals surface area contributed by atoms with Crippen LogP contribution in [0.1, 0.15) is 18.0 Å². The number of benzene rings is 1. The third-order valence-corrected chi connectivity index (χ3v) is 3.00. The first-order valence-electron chi connectivity index (χ1n) is 4.15. The van der Waals surface area contributed by atoms with Crippen molar-refractivity contribution in [3.05, 3.63) is 34.9 Å². The van der Waals surface area contributed by atoms with Crippen LogP contribution < -0.4 is 0 Å². The highest BCUT2D eigenvalue weighted by atomic mass is 35.5. The molecule has 0 saturated heterocycles. The lowest BCUT2D eigenvalue weighted by Gasteiger charge is -2.21. The molecule has 0 spiro atoms. The summed E-state index contributed by atoms with van der Waals surface area (Å²) >= 11 is 17.9. The van der Waals surface area contributed by atoms with Gasteiger partial charge in [-0.15, -0.1) is 12.6 Å². The molecule has 0 aromatic heterocycles. The quantitative estimate of drug-likeness (QED) is 0.736. The average Bonchev–Trinajstić information content (AvgIpc) is 2.15. The molecule has 0 aliphatic carbocycles. The normalized spacial score (nSPS) is 12.9. The van der Waals surface area contributed by atoms with E-state index in [1.54, 1.807) is 6.07 Å². The van der Waals surface area contributed by atoms with E-state index in [-0.39, 0.29) is 17.6 Å². The number of hydrogen-bond acceptors (Lipinski definition) is 4. The zero-order valence-electron chi connectivity index (χ0n) is 7.67. The summed E-state index contributed by atoms with van der Waals surface area (Å²) in [7, 11) is 0. The Morgan fingerprint density at radius 1 is 1.40 bits per heavy atom. The van der Waals surface area contributed by atoms with Crippen LogP contribution in [0.25, 0.3) is 0 Å². The summed E-state index contributed by atoms with van der Waals surface area (Å²) < 4.78 is 1.36. The van der Waals surface area contributed by atoms with E-state index in [1.165, 1.54) is 3.71 Å². The molecule has 15 heavy (non-hydrogen) atoms. The van der Waals surface area contributed by atoms with Gasteiger partial charge in [0.25, 0.3) is 0 Å². The predicted molar refractivity (Wildman–Crippen MR) is 72.6 cm³/mol. The van der Waals surface area contributed by atoms with Gasteiger partial charge in [-0.05, 0) is 11.6 Å². The predicted octanol–water partition coefficient (Wildman–Crippen LogP) is 3.22. The molecule has 1 unspecified atom stereocenters. The number of rotatable bonds is 4. The Morgan fingerprint density at radius 3 is 2.47 bits per heavy atom. The summed E-state index contributed by atoms with van der Waals surface area (Å²) in [5, 5.41) is 0.359. The Hall–Kier alpha value is 0.190. The molecule has 0 N–H and O–H groups in total. The Bertz CT molecular complexity index is 359. The molecule has 0 fully saturated rings. The lowest BCUT2D eigenvalue weighted by atomic mass is 10.1. The van der Waals surface area contributed by atoms with Crippen molar-refractivity contribution in [2.75, 3.05) is 0 Å². The Morgan fingerprint density at radius 2 is 2.00 bits per heavy atom. The van der Waals surface area contributed by atoms with Gasteiger partial charge in [-0.25, -0.2) is 0 Å². The highest BCUT2D eigenvalue weighted by Crippen LogP contribution is 2.32. The van der Waals surface area contributed by atoms with Gasteiger partial charge in [0.2, 0.25) is 0 Å². The van der Waals surface area contributed by atoms with Crippen molar-refractivity contribution in [3.63, 3.8) is 0 Å². The average molecular weight is 280 g/mol. The number of carbonyl (C=O) groups excluding carboxylic acids is 1. The third-order valence-electron chi connectivity index (χ3n) is 1.91. The summed E-state index contributed by atoms with van der Waals surface area (Å²) in [5.74, 6) is 0. The van der Waals surface area contributed by atoms with Crippen LogP contribution >= 0.6 is 49.9 Å². The van der Waals surface area contributed by atoms with Crippen LogP contribution in [0.2, 0.25) is 5.02 Å². The van der Waals surface area contributed by atoms with Crippen LogP contribution in [-0.4, -0.2) is 8.83 Å². The van der Waals surface area contributed by atoms with Crippen molar-refractivity contribution >= 4 is 55.0 Å². The molecule has 0 aliphatic heterocycles. The highest BCUT2D eigenvalue weighted by Gasteiger charge is 2.20. The number of halogens is 1. The molecule has 0 aliphatic rings. The SMILES string of the molecule is O=C(S)CC(c1ccccc1Cl)N(S)S. The summed E-state index contributed by atoms with van der Waals surface area (Å²) in [5.41, 5.74) is 0.812. The number of hydrogen-bond donors (Lipinski definition) is 3. The van der Waals surface area contributed by atoms with Gasteiger partial charge in [-0.3, -0.25) is 4.79 Å². The smallest absolute Gasteiger partial charge is 0.187 e. The number of nitrogens with zero attached hydrogens (tertiary/aromatic N) is 1. The van der Waals surface area contributed by atoms with E-state index in [9.17, 15) is 4.79 Å². The van der Waals surface area contributed by atoms with Crippen LogP contribution in [0, 0.1) is 0 Å². The lowest BCUT2D eigenvalue weighted by Crippen LogP contribution is -2.13. The zero-order chi connectivity index (χ0) is 11.4. The van der Waals surface area contributed by atoms with Gasteiger partial charge in [-0.2, -0.15) is 3.71 Å². The van der Waals surface area contributed by atoms with E-state index in [0.29, 0.717) is 5.02 Å². The summed E-state index contributed by atoms with van der Waals surface area (Å²) in [6.45, 7) is 0. The van der Waals surface area contributed by atoms with Crippen molar-refractivity contribution in [1.82, 2.24) is 3.71 Å². The van der Waals surface area contributed by atoms with Crippen molar-refractivity contribution in [2.45, 2.75) is 12.5 Å². The number of thiol groups is 3. The maximum absolute atomic E-state index is 11.0. The zero-order valence-corrected chi connectivity index (χ0v) is 11.1. The monoisotopic (exact) mass is 279 g/mol. The fourth-order valence-corrected chi connectivity index (χ4v) is 2.07. The maximum atomic E-state index is 11.0. The molecular weight excluding hydrogens is 270 g/mol. The molecule has 6 heteroatoms. The molecule has 1 rings (SSSR count). The Labute approximate surface area is 110 Å². The molecule has 1 atom stereocenters. The van der Waals surface area contributed by atoms with Crippen molar-refractivity contribution < 1.29 is 4.79 Å². The number of carbonyl (C=O) groups is 1. The second-order valence-electron chi connectivity index (χ2n) is 2.96. The van der Waals surface area contributed by atoms with E-state index < -0.39 is 0 Å². The molecule has 1 aromatic carbocycles. The molecular formula is C9H10ClNOS3. The minimum absolute atomic E-state index is 0.208. The molecule has 0 amide bonds. The van der Waals surface area contributed by atoms with Gasteiger partial charge in [-0.1, -0.05) is 55.4 Å². The Kier molecular flexibility index (Phi) is 5.35. The molecule has 1 aromatic rings. The van der Waals surface area contributed by atoms with Crippen LogP contribution in [0.3, 0.4) is 0 Å². The first-order chi connectivity index (χ1) is 7.02. The van der Waals surface area contributed by atoms with Crippen LogP contribution in [0.4, 0.5) is 0 Å². The third kappa shape index (κ3) is 3.92. The fourth-order valence-electron chi connectivity index (χ4n) is 1.23. The maximum Gasteiger partial charge on any atom is 0.187 e. The summed E-state index contributed by atoms with van der Waals surface area (Å²) in [6, 6.07) is 6.99. The van der Waals surface area contributed by atoms with Gasteiger partial charge >= 0.3 is 0 Å². The van der Waals surface area contributed by atoms with Crippen LogP contribution in [0.5, 0.6) is 0 Å². The minimum atomic E-state index is -0.282. The van der Waals surface area contributed by atoms with E-state index >= 15 is 0 Å². The first kappa shape index (κ1) is 13.3. The molecule has 0 saturated carbocycles. The van der Waals surface area contributed by atoms with Crippen LogP contribution in [0.15, 0.2) is 24.3 Å². The van der Waals surface area contributed by atoms with Gasteiger partial charge in [0.05, 0.1) is 6.04 Å². The van der Waals surface area contributed by atoms with Gasteiger partial charge in [0, 0.05) is 11.4 Å². The molecule has 2 nitrogen and oxygen atoms in total. The van der Waals surface area contributed by atoms with E-state index in [1.807, 2.05) is 18.2 Å². The van der Waals surface area contributed by atoms with Gasteiger partial charge < -0.3 is 0 Å². The second-order valence-corrected chi connectivity index (χ2v) is 5.04. The molecule has 0 bridgehead atoms. The van der Waals surface area contributed by atoms with E-state index in [0.717, 1.165) is 5.56 Å².